The van der Waals surface area contributed by atoms with Gasteiger partial charge in [0.15, 0.2) is 9.84 Å². The molecule has 2 N–H and O–H groups in total. The second kappa shape index (κ2) is 7.47. The molecule has 0 spiro atoms. The lowest BCUT2D eigenvalue weighted by Crippen LogP contribution is -2.42. The zero-order valence-electron chi connectivity index (χ0n) is 13.6. The molecular formula is C16H17FN2O5S. The van der Waals surface area contributed by atoms with Crippen LogP contribution in [-0.2, 0) is 14.6 Å². The molecule has 0 aliphatic carbocycles. The minimum Gasteiger partial charge on any atom is -0.466 e. The molecule has 25 heavy (non-hydrogen) atoms. The third-order valence-corrected chi connectivity index (χ3v) is 5.10. The number of amides is 2. The lowest BCUT2D eigenvalue weighted by atomic mass is 10.2. The number of nitrogens with one attached hydrogen (secondary N) is 2. The van der Waals surface area contributed by atoms with Crippen LogP contribution in [0, 0.1) is 19.7 Å². The van der Waals surface area contributed by atoms with Gasteiger partial charge in [0.1, 0.15) is 17.3 Å². The van der Waals surface area contributed by atoms with Gasteiger partial charge in [-0.3, -0.25) is 20.4 Å². The largest absolute Gasteiger partial charge is 0.466 e. The van der Waals surface area contributed by atoms with Crippen LogP contribution in [0.25, 0.3) is 0 Å². The number of hydrogen-bond donors (Lipinski definition) is 2. The normalized spacial score (nSPS) is 11.2. The lowest BCUT2D eigenvalue weighted by molar-refractivity contribution is -0.121. The molecule has 1 aromatic heterocycles. The zero-order chi connectivity index (χ0) is 18.6. The molecule has 0 unspecified atom stereocenters. The minimum absolute atomic E-state index is 0.0739. The Morgan fingerprint density at radius 2 is 1.76 bits per heavy atom. The second-order valence-electron chi connectivity index (χ2n) is 5.35. The maximum atomic E-state index is 12.8. The number of hydrazine groups is 1. The summed E-state index contributed by atoms with van der Waals surface area (Å²) < 4.78 is 42.1. The average Bonchev–Trinajstić information content (AvgIpc) is 2.89. The van der Waals surface area contributed by atoms with Crippen LogP contribution in [0.2, 0.25) is 0 Å². The van der Waals surface area contributed by atoms with Crippen LogP contribution in [0.4, 0.5) is 4.39 Å². The highest BCUT2D eigenvalue weighted by Crippen LogP contribution is 2.14. The molecule has 0 atom stereocenters. The quantitative estimate of drug-likeness (QED) is 0.617. The predicted molar refractivity (Wildman–Crippen MR) is 86.9 cm³/mol. The number of carbonyl (C=O) groups is 2. The first kappa shape index (κ1) is 18.7. The van der Waals surface area contributed by atoms with Gasteiger partial charge in [-0.1, -0.05) is 0 Å². The van der Waals surface area contributed by atoms with E-state index in [1.54, 1.807) is 13.8 Å². The van der Waals surface area contributed by atoms with Crippen LogP contribution in [-0.4, -0.2) is 26.0 Å². The minimum atomic E-state index is -3.72. The molecule has 0 aliphatic heterocycles. The highest BCUT2D eigenvalue weighted by atomic mass is 32.2. The van der Waals surface area contributed by atoms with Crippen molar-refractivity contribution in [1.29, 1.82) is 0 Å². The SMILES string of the molecule is Cc1cc(C(=O)NNC(=O)CCS(=O)(=O)c2ccc(F)cc2)c(C)o1. The monoisotopic (exact) mass is 368 g/mol. The maximum Gasteiger partial charge on any atom is 0.273 e. The Morgan fingerprint density at radius 3 is 2.32 bits per heavy atom. The third kappa shape index (κ3) is 4.90. The van der Waals surface area contributed by atoms with Gasteiger partial charge in [-0.05, 0) is 44.2 Å². The van der Waals surface area contributed by atoms with Crippen molar-refractivity contribution in [1.82, 2.24) is 10.9 Å². The van der Waals surface area contributed by atoms with E-state index in [4.69, 9.17) is 4.42 Å². The van der Waals surface area contributed by atoms with Gasteiger partial charge in [-0.2, -0.15) is 0 Å². The molecule has 2 rings (SSSR count). The van der Waals surface area contributed by atoms with Crippen LogP contribution >= 0.6 is 0 Å². The van der Waals surface area contributed by atoms with Crippen molar-refractivity contribution in [3.8, 4) is 0 Å². The summed E-state index contributed by atoms with van der Waals surface area (Å²) in [6, 6.07) is 5.85. The summed E-state index contributed by atoms with van der Waals surface area (Å²) in [6.45, 7) is 3.29. The van der Waals surface area contributed by atoms with Crippen LogP contribution in [0.3, 0.4) is 0 Å². The maximum absolute atomic E-state index is 12.8. The van der Waals surface area contributed by atoms with E-state index in [1.165, 1.54) is 6.07 Å². The van der Waals surface area contributed by atoms with E-state index < -0.39 is 33.2 Å². The zero-order valence-corrected chi connectivity index (χ0v) is 14.4. The smallest absolute Gasteiger partial charge is 0.273 e. The number of sulfone groups is 1. The fourth-order valence-corrected chi connectivity index (χ4v) is 3.34. The van der Waals surface area contributed by atoms with E-state index >= 15 is 0 Å². The molecule has 0 fully saturated rings. The average molecular weight is 368 g/mol. The number of hydrogen-bond acceptors (Lipinski definition) is 5. The van der Waals surface area contributed by atoms with E-state index in [2.05, 4.69) is 10.9 Å². The van der Waals surface area contributed by atoms with Crippen molar-refractivity contribution >= 4 is 21.7 Å². The topological polar surface area (TPSA) is 105 Å². The Balaban J connectivity index is 1.87. The van der Waals surface area contributed by atoms with Gasteiger partial charge in [0.25, 0.3) is 5.91 Å². The van der Waals surface area contributed by atoms with Gasteiger partial charge in [-0.25, -0.2) is 12.8 Å². The Morgan fingerprint density at radius 1 is 1.12 bits per heavy atom. The molecule has 0 aliphatic rings. The first-order valence-corrected chi connectivity index (χ1v) is 8.99. The summed E-state index contributed by atoms with van der Waals surface area (Å²) in [4.78, 5) is 23.6. The summed E-state index contributed by atoms with van der Waals surface area (Å²) in [5.74, 6) is -1.29. The van der Waals surface area contributed by atoms with Crippen LogP contribution < -0.4 is 10.9 Å². The standard InChI is InChI=1S/C16H17FN2O5S/c1-10-9-14(11(2)24-10)16(21)19-18-15(20)7-8-25(22,23)13-5-3-12(17)4-6-13/h3-6,9H,7-8H2,1-2H3,(H,18,20)(H,19,21). The van der Waals surface area contributed by atoms with Crippen LogP contribution in [0.1, 0.15) is 28.3 Å². The molecule has 9 heteroatoms. The summed E-state index contributed by atoms with van der Waals surface area (Å²) in [5.41, 5.74) is 4.61. The van der Waals surface area contributed by atoms with Crippen molar-refractivity contribution < 1.29 is 26.8 Å². The highest BCUT2D eigenvalue weighted by molar-refractivity contribution is 7.91. The molecule has 0 saturated heterocycles. The molecular weight excluding hydrogens is 351 g/mol. The molecule has 0 saturated carbocycles. The van der Waals surface area contributed by atoms with Crippen LogP contribution in [0.5, 0.6) is 0 Å². The summed E-state index contributed by atoms with van der Waals surface area (Å²) in [7, 11) is -3.72. The van der Waals surface area contributed by atoms with Gasteiger partial charge in [0, 0.05) is 6.42 Å². The van der Waals surface area contributed by atoms with Crippen LogP contribution in [0.15, 0.2) is 39.6 Å². The molecule has 2 amide bonds. The van der Waals surface area contributed by atoms with Gasteiger partial charge in [0.05, 0.1) is 16.2 Å². The number of carbonyl (C=O) groups excluding carboxylic acids is 2. The Kier molecular flexibility index (Phi) is 5.58. The van der Waals surface area contributed by atoms with Gasteiger partial charge in [0.2, 0.25) is 5.91 Å². The number of halogens is 1. The van der Waals surface area contributed by atoms with E-state index in [0.717, 1.165) is 24.3 Å². The predicted octanol–water partition coefficient (Wildman–Crippen LogP) is 1.66. The first-order chi connectivity index (χ1) is 11.7. The first-order valence-electron chi connectivity index (χ1n) is 7.33. The lowest BCUT2D eigenvalue weighted by Gasteiger charge is -2.07. The van der Waals surface area contributed by atoms with Gasteiger partial charge < -0.3 is 4.42 Å². The van der Waals surface area contributed by atoms with E-state index in [9.17, 15) is 22.4 Å². The molecule has 2 aromatic rings. The number of benzene rings is 1. The van der Waals surface area contributed by atoms with E-state index in [1.807, 2.05) is 0 Å². The summed E-state index contributed by atoms with van der Waals surface area (Å²) >= 11 is 0. The number of aryl methyl sites for hydroxylation is 2. The molecule has 134 valence electrons. The highest BCUT2D eigenvalue weighted by Gasteiger charge is 2.18. The van der Waals surface area contributed by atoms with Gasteiger partial charge in [-0.15, -0.1) is 0 Å². The van der Waals surface area contributed by atoms with Crippen molar-refractivity contribution in [2.24, 2.45) is 0 Å². The fourth-order valence-electron chi connectivity index (χ4n) is 2.10. The summed E-state index contributed by atoms with van der Waals surface area (Å²) in [5, 5.41) is 0. The molecule has 7 nitrogen and oxygen atoms in total. The van der Waals surface area contributed by atoms with E-state index in [-0.39, 0.29) is 16.9 Å². The van der Waals surface area contributed by atoms with Crippen molar-refractivity contribution in [3.05, 3.63) is 53.2 Å². The molecule has 1 aromatic carbocycles. The summed E-state index contributed by atoms with van der Waals surface area (Å²) in [6.07, 6.45) is -0.358. The Bertz CT molecular complexity index is 888. The Hall–Kier alpha value is -2.68. The Labute approximate surface area is 144 Å². The van der Waals surface area contributed by atoms with Crippen molar-refractivity contribution in [2.45, 2.75) is 25.2 Å². The molecule has 1 heterocycles. The fraction of sp³-hybridized carbons (Fsp3) is 0.250. The third-order valence-electron chi connectivity index (χ3n) is 3.37. The molecule has 0 radical (unpaired) electrons. The number of rotatable bonds is 5. The van der Waals surface area contributed by atoms with E-state index in [0.29, 0.717) is 11.5 Å². The molecule has 0 bridgehead atoms. The van der Waals surface area contributed by atoms with Crippen molar-refractivity contribution in [3.63, 3.8) is 0 Å². The van der Waals surface area contributed by atoms with Crippen molar-refractivity contribution in [2.75, 3.05) is 5.75 Å². The van der Waals surface area contributed by atoms with Gasteiger partial charge >= 0.3 is 0 Å². The second-order valence-corrected chi connectivity index (χ2v) is 7.46. The number of furan rings is 1.